The second-order valence-corrected chi connectivity index (χ2v) is 6.42. The average Bonchev–Trinajstić information content (AvgIpc) is 2.46. The number of sulfonamides is 1. The molecular weight excluding hydrogens is 258 g/mol. The molecule has 19 heavy (non-hydrogen) atoms. The lowest BCUT2D eigenvalue weighted by Gasteiger charge is -2.17. The van der Waals surface area contributed by atoms with Crippen molar-refractivity contribution in [2.24, 2.45) is 0 Å². The Hall–Kier alpha value is -1.65. The van der Waals surface area contributed by atoms with Gasteiger partial charge in [0.15, 0.2) is 0 Å². The van der Waals surface area contributed by atoms with Crippen LogP contribution in [0.5, 0.6) is 0 Å². The van der Waals surface area contributed by atoms with E-state index in [9.17, 15) is 8.42 Å². The molecule has 0 spiro atoms. The molecule has 2 aromatic rings. The Balaban J connectivity index is 2.06. The van der Waals surface area contributed by atoms with E-state index in [2.05, 4.69) is 0 Å². The van der Waals surface area contributed by atoms with Crippen LogP contribution in [-0.4, -0.2) is 26.3 Å². The third-order valence-corrected chi connectivity index (χ3v) is 4.88. The van der Waals surface area contributed by atoms with Crippen molar-refractivity contribution in [1.82, 2.24) is 4.31 Å². The van der Waals surface area contributed by atoms with Gasteiger partial charge in [0.2, 0.25) is 10.0 Å². The molecule has 0 N–H and O–H groups in total. The number of rotatable bonds is 5. The molecule has 0 aliphatic rings. The zero-order valence-corrected chi connectivity index (χ0v) is 11.7. The van der Waals surface area contributed by atoms with Crippen molar-refractivity contribution in [2.75, 3.05) is 13.6 Å². The molecule has 0 heterocycles. The largest absolute Gasteiger partial charge is 0.242 e. The molecule has 0 aliphatic heterocycles. The lowest BCUT2D eigenvalue weighted by molar-refractivity contribution is 0.472. The Kier molecular flexibility index (Phi) is 4.35. The molecule has 4 heteroatoms. The van der Waals surface area contributed by atoms with Gasteiger partial charge in [-0.05, 0) is 24.1 Å². The van der Waals surface area contributed by atoms with Crippen molar-refractivity contribution >= 4 is 10.0 Å². The van der Waals surface area contributed by atoms with Crippen LogP contribution in [0.2, 0.25) is 0 Å². The van der Waals surface area contributed by atoms with Crippen molar-refractivity contribution in [3.05, 3.63) is 66.2 Å². The summed E-state index contributed by atoms with van der Waals surface area (Å²) in [6.45, 7) is 0.473. The van der Waals surface area contributed by atoms with Crippen LogP contribution in [0, 0.1) is 0 Å². The number of likely N-dealkylation sites (N-methyl/N-ethyl adjacent to an activating group) is 1. The van der Waals surface area contributed by atoms with Crippen LogP contribution in [0.1, 0.15) is 5.56 Å². The molecule has 0 radical (unpaired) electrons. The summed E-state index contributed by atoms with van der Waals surface area (Å²) in [5, 5.41) is 0. The van der Waals surface area contributed by atoms with E-state index in [1.807, 2.05) is 36.4 Å². The fraction of sp³-hybridized carbons (Fsp3) is 0.200. The minimum absolute atomic E-state index is 0.338. The fourth-order valence-electron chi connectivity index (χ4n) is 1.82. The molecule has 0 unspecified atom stereocenters. The zero-order valence-electron chi connectivity index (χ0n) is 10.9. The zero-order chi connectivity index (χ0) is 13.7. The molecule has 0 aromatic heterocycles. The van der Waals surface area contributed by atoms with E-state index >= 15 is 0 Å². The smallest absolute Gasteiger partial charge is 0.207 e. The van der Waals surface area contributed by atoms with Crippen molar-refractivity contribution in [1.29, 1.82) is 0 Å². The number of hydrogen-bond acceptors (Lipinski definition) is 2. The second kappa shape index (κ2) is 5.99. The van der Waals surface area contributed by atoms with Gasteiger partial charge in [0.25, 0.3) is 0 Å². The van der Waals surface area contributed by atoms with Gasteiger partial charge in [-0.15, -0.1) is 0 Å². The molecular formula is C15H17NO2S. The Morgan fingerprint density at radius 2 is 1.42 bits per heavy atom. The van der Waals surface area contributed by atoms with Crippen molar-refractivity contribution in [2.45, 2.75) is 11.3 Å². The Labute approximate surface area is 114 Å². The van der Waals surface area contributed by atoms with E-state index in [4.69, 9.17) is 0 Å². The summed E-state index contributed by atoms with van der Waals surface area (Å²) in [6.07, 6.45) is 0.712. The minimum atomic E-state index is -3.38. The van der Waals surface area contributed by atoms with E-state index in [1.165, 1.54) is 4.31 Å². The van der Waals surface area contributed by atoms with Crippen LogP contribution in [-0.2, 0) is 16.4 Å². The first kappa shape index (κ1) is 13.8. The van der Waals surface area contributed by atoms with Crippen molar-refractivity contribution in [3.8, 4) is 0 Å². The highest BCUT2D eigenvalue weighted by molar-refractivity contribution is 7.89. The highest BCUT2D eigenvalue weighted by Gasteiger charge is 2.19. The number of hydrogen-bond donors (Lipinski definition) is 0. The standard InChI is InChI=1S/C15H17NO2S/c1-16(13-12-14-8-4-2-5-9-14)19(17,18)15-10-6-3-7-11-15/h2-11H,12-13H2,1H3. The fourth-order valence-corrected chi connectivity index (χ4v) is 3.02. The van der Waals surface area contributed by atoms with Crippen LogP contribution in [0.15, 0.2) is 65.6 Å². The molecule has 0 saturated carbocycles. The topological polar surface area (TPSA) is 37.4 Å². The molecule has 0 saturated heterocycles. The third kappa shape index (κ3) is 3.43. The highest BCUT2D eigenvalue weighted by Crippen LogP contribution is 2.14. The minimum Gasteiger partial charge on any atom is -0.207 e. The van der Waals surface area contributed by atoms with Gasteiger partial charge < -0.3 is 0 Å². The molecule has 3 nitrogen and oxygen atoms in total. The van der Waals surface area contributed by atoms with Gasteiger partial charge in [0.1, 0.15) is 0 Å². The van der Waals surface area contributed by atoms with E-state index in [1.54, 1.807) is 31.3 Å². The predicted molar refractivity (Wildman–Crippen MR) is 76.4 cm³/mol. The summed E-state index contributed by atoms with van der Waals surface area (Å²) >= 11 is 0. The second-order valence-electron chi connectivity index (χ2n) is 4.38. The van der Waals surface area contributed by atoms with Crippen molar-refractivity contribution in [3.63, 3.8) is 0 Å². The van der Waals surface area contributed by atoms with E-state index < -0.39 is 10.0 Å². The number of nitrogens with zero attached hydrogens (tertiary/aromatic N) is 1. The van der Waals surface area contributed by atoms with Crippen LogP contribution < -0.4 is 0 Å². The maximum absolute atomic E-state index is 12.3. The third-order valence-electron chi connectivity index (χ3n) is 3.01. The Morgan fingerprint density at radius 3 is 2.00 bits per heavy atom. The molecule has 0 atom stereocenters. The summed E-state index contributed by atoms with van der Waals surface area (Å²) in [7, 11) is -1.76. The molecule has 0 aliphatic carbocycles. The van der Waals surface area contributed by atoms with Crippen LogP contribution in [0.25, 0.3) is 0 Å². The first-order valence-corrected chi connectivity index (χ1v) is 7.60. The summed E-state index contributed by atoms with van der Waals surface area (Å²) < 4.78 is 26.0. The molecule has 2 aromatic carbocycles. The molecule has 100 valence electrons. The van der Waals surface area contributed by atoms with Gasteiger partial charge >= 0.3 is 0 Å². The lowest BCUT2D eigenvalue weighted by atomic mass is 10.2. The maximum atomic E-state index is 12.3. The summed E-state index contributed by atoms with van der Waals surface area (Å²) in [4.78, 5) is 0.338. The Bertz CT molecular complexity index is 609. The highest BCUT2D eigenvalue weighted by atomic mass is 32.2. The summed E-state index contributed by atoms with van der Waals surface area (Å²) in [5.74, 6) is 0. The first-order valence-electron chi connectivity index (χ1n) is 6.16. The van der Waals surface area contributed by atoms with Gasteiger partial charge in [-0.2, -0.15) is 0 Å². The van der Waals surface area contributed by atoms with Crippen LogP contribution >= 0.6 is 0 Å². The first-order chi connectivity index (χ1) is 9.10. The molecule has 0 amide bonds. The average molecular weight is 275 g/mol. The Morgan fingerprint density at radius 1 is 0.895 bits per heavy atom. The van der Waals surface area contributed by atoms with Crippen molar-refractivity contribution < 1.29 is 8.42 Å². The quantitative estimate of drug-likeness (QED) is 0.841. The molecule has 0 bridgehead atoms. The van der Waals surface area contributed by atoms with Gasteiger partial charge in [-0.1, -0.05) is 48.5 Å². The molecule has 2 rings (SSSR count). The van der Waals surface area contributed by atoms with Gasteiger partial charge in [0, 0.05) is 13.6 Å². The van der Waals surface area contributed by atoms with E-state index in [0.717, 1.165) is 5.56 Å². The number of benzene rings is 2. The van der Waals surface area contributed by atoms with Crippen LogP contribution in [0.4, 0.5) is 0 Å². The van der Waals surface area contributed by atoms with Crippen LogP contribution in [0.3, 0.4) is 0 Å². The monoisotopic (exact) mass is 275 g/mol. The summed E-state index contributed by atoms with van der Waals surface area (Å²) in [5.41, 5.74) is 1.14. The van der Waals surface area contributed by atoms with E-state index in [0.29, 0.717) is 17.9 Å². The summed E-state index contributed by atoms with van der Waals surface area (Å²) in [6, 6.07) is 18.4. The maximum Gasteiger partial charge on any atom is 0.242 e. The SMILES string of the molecule is CN(CCc1ccccc1)S(=O)(=O)c1ccccc1. The predicted octanol–water partition coefficient (Wildman–Crippen LogP) is 2.55. The van der Waals surface area contributed by atoms with Gasteiger partial charge in [0.05, 0.1) is 4.90 Å². The lowest BCUT2D eigenvalue weighted by Crippen LogP contribution is -2.29. The van der Waals surface area contributed by atoms with E-state index in [-0.39, 0.29) is 0 Å². The normalized spacial score (nSPS) is 11.7. The van der Waals surface area contributed by atoms with Gasteiger partial charge in [-0.3, -0.25) is 0 Å². The van der Waals surface area contributed by atoms with Gasteiger partial charge in [-0.25, -0.2) is 12.7 Å². The molecule has 0 fully saturated rings.